The molecule has 1 aromatic heterocycles. The van der Waals surface area contributed by atoms with E-state index in [1.54, 1.807) is 12.4 Å². The molecule has 0 atom stereocenters. The summed E-state index contributed by atoms with van der Waals surface area (Å²) in [4.78, 5) is 18.1. The van der Waals surface area contributed by atoms with Crippen molar-refractivity contribution in [2.45, 2.75) is 25.8 Å². The van der Waals surface area contributed by atoms with Gasteiger partial charge in [0.25, 0.3) is 5.91 Å². The molecule has 1 amide bonds. The molecule has 0 aliphatic carbocycles. The van der Waals surface area contributed by atoms with Crippen LogP contribution in [0.2, 0.25) is 0 Å². The first-order chi connectivity index (χ1) is 7.81. The molecule has 2 N–H and O–H groups in total. The summed E-state index contributed by atoms with van der Waals surface area (Å²) >= 11 is 0. The number of carbonyl (C=O) groups excluding carboxylic acids is 1. The highest BCUT2D eigenvalue weighted by atomic mass is 16.2. The van der Waals surface area contributed by atoms with E-state index in [9.17, 15) is 4.79 Å². The van der Waals surface area contributed by atoms with Gasteiger partial charge < -0.3 is 10.6 Å². The second-order valence-corrected chi connectivity index (χ2v) is 4.14. The number of amides is 1. The Labute approximate surface area is 95.5 Å². The van der Waals surface area contributed by atoms with Crippen LogP contribution < -0.4 is 5.73 Å². The molecule has 4 nitrogen and oxygen atoms in total. The molecule has 0 saturated carbocycles. The summed E-state index contributed by atoms with van der Waals surface area (Å²) in [6, 6.07) is 1.84. The molecule has 1 saturated heterocycles. The number of nitrogens with two attached hydrogens (primary N) is 1. The summed E-state index contributed by atoms with van der Waals surface area (Å²) in [7, 11) is 0. The quantitative estimate of drug-likeness (QED) is 0.812. The molecule has 0 unspecified atom stereocenters. The molecule has 0 radical (unpaired) electrons. The van der Waals surface area contributed by atoms with E-state index >= 15 is 0 Å². The highest BCUT2D eigenvalue weighted by Crippen LogP contribution is 2.13. The van der Waals surface area contributed by atoms with E-state index in [0.29, 0.717) is 12.1 Å². The highest BCUT2D eigenvalue weighted by Gasteiger charge is 2.18. The molecular weight excluding hydrogens is 202 g/mol. The minimum atomic E-state index is 0.0856. The molecule has 0 bridgehead atoms. The number of pyridine rings is 1. The van der Waals surface area contributed by atoms with Crippen molar-refractivity contribution in [2.24, 2.45) is 5.73 Å². The van der Waals surface area contributed by atoms with Crippen LogP contribution >= 0.6 is 0 Å². The summed E-state index contributed by atoms with van der Waals surface area (Å²) in [6.45, 7) is 2.16. The predicted molar refractivity (Wildman–Crippen MR) is 61.9 cm³/mol. The summed E-state index contributed by atoms with van der Waals surface area (Å²) in [5.74, 6) is 0.0856. The smallest absolute Gasteiger partial charge is 0.255 e. The van der Waals surface area contributed by atoms with Crippen molar-refractivity contribution in [3.05, 3.63) is 29.6 Å². The van der Waals surface area contributed by atoms with Gasteiger partial charge in [0.05, 0.1) is 5.56 Å². The number of rotatable bonds is 2. The van der Waals surface area contributed by atoms with Crippen molar-refractivity contribution in [2.75, 3.05) is 13.1 Å². The van der Waals surface area contributed by atoms with Gasteiger partial charge in [0.15, 0.2) is 0 Å². The zero-order valence-corrected chi connectivity index (χ0v) is 9.35. The normalized spacial score (nSPS) is 16.2. The van der Waals surface area contributed by atoms with Gasteiger partial charge in [0.1, 0.15) is 0 Å². The van der Waals surface area contributed by atoms with Crippen molar-refractivity contribution >= 4 is 5.91 Å². The van der Waals surface area contributed by atoms with Crippen LogP contribution in [0.5, 0.6) is 0 Å². The molecule has 1 aliphatic heterocycles. The van der Waals surface area contributed by atoms with Crippen LogP contribution in [0, 0.1) is 0 Å². The Morgan fingerprint density at radius 2 is 2.06 bits per heavy atom. The van der Waals surface area contributed by atoms with Crippen LogP contribution in [0.15, 0.2) is 18.5 Å². The Hall–Kier alpha value is -1.42. The van der Waals surface area contributed by atoms with E-state index in [4.69, 9.17) is 5.73 Å². The van der Waals surface area contributed by atoms with E-state index in [2.05, 4.69) is 4.98 Å². The van der Waals surface area contributed by atoms with Crippen molar-refractivity contribution in [3.63, 3.8) is 0 Å². The molecule has 2 rings (SSSR count). The summed E-state index contributed by atoms with van der Waals surface area (Å²) < 4.78 is 0. The van der Waals surface area contributed by atoms with Crippen molar-refractivity contribution in [3.8, 4) is 0 Å². The fraction of sp³-hybridized carbons (Fsp3) is 0.500. The highest BCUT2D eigenvalue weighted by molar-refractivity contribution is 5.94. The van der Waals surface area contributed by atoms with Gasteiger partial charge in [-0.3, -0.25) is 9.78 Å². The van der Waals surface area contributed by atoms with Gasteiger partial charge in [-0.25, -0.2) is 0 Å². The zero-order valence-electron chi connectivity index (χ0n) is 9.35. The lowest BCUT2D eigenvalue weighted by Crippen LogP contribution is -2.35. The number of nitrogens with zero attached hydrogens (tertiary/aromatic N) is 2. The van der Waals surface area contributed by atoms with E-state index in [0.717, 1.165) is 31.5 Å². The Morgan fingerprint density at radius 1 is 1.31 bits per heavy atom. The van der Waals surface area contributed by atoms with E-state index in [1.165, 1.54) is 6.42 Å². The van der Waals surface area contributed by atoms with Crippen molar-refractivity contribution < 1.29 is 4.79 Å². The predicted octanol–water partition coefficient (Wildman–Crippen LogP) is 1.17. The number of carbonyl (C=O) groups is 1. The Bertz CT molecular complexity index is 372. The lowest BCUT2D eigenvalue weighted by Gasteiger charge is -2.26. The third-order valence-corrected chi connectivity index (χ3v) is 2.92. The topological polar surface area (TPSA) is 59.2 Å². The lowest BCUT2D eigenvalue weighted by atomic mass is 10.1. The first kappa shape index (κ1) is 11.1. The molecule has 1 fully saturated rings. The minimum absolute atomic E-state index is 0.0856. The third-order valence-electron chi connectivity index (χ3n) is 2.92. The van der Waals surface area contributed by atoms with Crippen LogP contribution in [0.1, 0.15) is 35.2 Å². The largest absolute Gasteiger partial charge is 0.339 e. The van der Waals surface area contributed by atoms with Gasteiger partial charge in [0.2, 0.25) is 0 Å². The van der Waals surface area contributed by atoms with E-state index in [1.807, 2.05) is 11.0 Å². The summed E-state index contributed by atoms with van der Waals surface area (Å²) in [6.07, 6.45) is 6.76. The van der Waals surface area contributed by atoms with Crippen molar-refractivity contribution in [1.29, 1.82) is 0 Å². The number of hydrogen-bond acceptors (Lipinski definition) is 3. The maximum Gasteiger partial charge on any atom is 0.255 e. The third kappa shape index (κ3) is 2.39. The van der Waals surface area contributed by atoms with Gasteiger partial charge in [-0.15, -0.1) is 0 Å². The molecule has 16 heavy (non-hydrogen) atoms. The molecular formula is C12H17N3O. The molecule has 86 valence electrons. The maximum atomic E-state index is 12.1. The van der Waals surface area contributed by atoms with Gasteiger partial charge >= 0.3 is 0 Å². The van der Waals surface area contributed by atoms with Crippen LogP contribution in [-0.4, -0.2) is 28.9 Å². The number of aromatic nitrogens is 1. The first-order valence-electron chi connectivity index (χ1n) is 5.74. The molecule has 1 aliphatic rings. The number of hydrogen-bond donors (Lipinski definition) is 1. The molecule has 0 spiro atoms. The molecule has 1 aromatic rings. The van der Waals surface area contributed by atoms with Crippen molar-refractivity contribution in [1.82, 2.24) is 9.88 Å². The molecule has 4 heteroatoms. The second-order valence-electron chi connectivity index (χ2n) is 4.14. The minimum Gasteiger partial charge on any atom is -0.339 e. The van der Waals surface area contributed by atoms with Gasteiger partial charge in [-0.05, 0) is 30.9 Å². The first-order valence-corrected chi connectivity index (χ1v) is 5.74. The lowest BCUT2D eigenvalue weighted by molar-refractivity contribution is 0.0724. The Morgan fingerprint density at radius 3 is 2.75 bits per heavy atom. The Kier molecular flexibility index (Phi) is 3.51. The number of likely N-dealkylation sites (tertiary alicyclic amines) is 1. The van der Waals surface area contributed by atoms with Crippen LogP contribution in [0.3, 0.4) is 0 Å². The Balaban J connectivity index is 2.12. The fourth-order valence-electron chi connectivity index (χ4n) is 2.00. The van der Waals surface area contributed by atoms with Crippen LogP contribution in [0.25, 0.3) is 0 Å². The average molecular weight is 219 g/mol. The standard InChI is InChI=1S/C12H17N3O/c13-7-10-6-11(9-14-8-10)12(16)15-4-2-1-3-5-15/h6,8-9H,1-5,7,13H2. The van der Waals surface area contributed by atoms with Gasteiger partial charge in [0, 0.05) is 32.0 Å². The summed E-state index contributed by atoms with van der Waals surface area (Å²) in [5, 5.41) is 0. The summed E-state index contributed by atoms with van der Waals surface area (Å²) in [5.41, 5.74) is 7.10. The second kappa shape index (κ2) is 5.07. The molecule has 2 heterocycles. The van der Waals surface area contributed by atoms with Crippen LogP contribution in [-0.2, 0) is 6.54 Å². The maximum absolute atomic E-state index is 12.1. The zero-order chi connectivity index (χ0) is 11.4. The van der Waals surface area contributed by atoms with E-state index in [-0.39, 0.29) is 5.91 Å². The SMILES string of the molecule is NCc1cncc(C(=O)N2CCCCC2)c1. The monoisotopic (exact) mass is 219 g/mol. The van der Waals surface area contributed by atoms with E-state index < -0.39 is 0 Å². The van der Waals surface area contributed by atoms with Gasteiger partial charge in [-0.2, -0.15) is 0 Å². The average Bonchev–Trinajstić information content (AvgIpc) is 2.39. The fourth-order valence-corrected chi connectivity index (χ4v) is 2.00. The molecule has 0 aromatic carbocycles. The number of piperidine rings is 1. The van der Waals surface area contributed by atoms with Gasteiger partial charge in [-0.1, -0.05) is 0 Å². The van der Waals surface area contributed by atoms with Crippen LogP contribution in [0.4, 0.5) is 0 Å².